The summed E-state index contributed by atoms with van der Waals surface area (Å²) in [6.45, 7) is 1.58. The van der Waals surface area contributed by atoms with Crippen molar-refractivity contribution in [2.45, 2.75) is 0 Å². The van der Waals surface area contributed by atoms with Crippen LogP contribution < -0.4 is 5.32 Å². The number of benzene rings is 3. The molecule has 23 heavy (non-hydrogen) atoms. The predicted molar refractivity (Wildman–Crippen MR) is 93.2 cm³/mol. The minimum absolute atomic E-state index is 0.0359. The van der Waals surface area contributed by atoms with Gasteiger partial charge in [0.2, 0.25) is 0 Å². The van der Waals surface area contributed by atoms with Crippen molar-refractivity contribution in [3.05, 3.63) is 83.4 Å². The highest BCUT2D eigenvalue weighted by atomic mass is 16.1. The average molecular weight is 300 g/mol. The summed E-state index contributed by atoms with van der Waals surface area (Å²) in [6, 6.07) is 21.5. The van der Waals surface area contributed by atoms with E-state index in [0.29, 0.717) is 5.56 Å². The summed E-state index contributed by atoms with van der Waals surface area (Å²) in [4.78, 5) is 17.6. The van der Waals surface area contributed by atoms with Crippen LogP contribution in [0.5, 0.6) is 0 Å². The monoisotopic (exact) mass is 300 g/mol. The molecular weight excluding hydrogens is 284 g/mol. The van der Waals surface area contributed by atoms with Gasteiger partial charge in [0.05, 0.1) is 6.54 Å². The van der Waals surface area contributed by atoms with Crippen molar-refractivity contribution < 1.29 is 4.79 Å². The third-order valence-corrected chi connectivity index (χ3v) is 4.14. The van der Waals surface area contributed by atoms with Crippen molar-refractivity contribution in [2.75, 3.05) is 13.1 Å². The molecule has 0 radical (unpaired) electrons. The summed E-state index contributed by atoms with van der Waals surface area (Å²) in [5, 5.41) is 5.31. The maximum absolute atomic E-state index is 13.2. The second-order valence-electron chi connectivity index (χ2n) is 5.56. The maximum Gasteiger partial charge on any atom is 0.194 e. The Hall–Kier alpha value is -2.94. The third-order valence-electron chi connectivity index (χ3n) is 4.14. The molecule has 0 fully saturated rings. The average Bonchev–Trinajstić information content (AvgIpc) is 3.15. The second kappa shape index (κ2) is 5.69. The van der Waals surface area contributed by atoms with E-state index < -0.39 is 0 Å². The predicted octanol–water partition coefficient (Wildman–Crippen LogP) is 3.42. The minimum Gasteiger partial charge on any atom is -0.368 e. The molecule has 1 N–H and O–H groups in total. The Kier molecular flexibility index (Phi) is 3.39. The number of carbonyl (C=O) groups is 1. The fourth-order valence-electron chi connectivity index (χ4n) is 3.03. The van der Waals surface area contributed by atoms with Crippen molar-refractivity contribution in [1.29, 1.82) is 0 Å². The zero-order valence-corrected chi connectivity index (χ0v) is 12.6. The third kappa shape index (κ3) is 2.40. The molecule has 0 spiro atoms. The smallest absolute Gasteiger partial charge is 0.194 e. The molecule has 4 rings (SSSR count). The van der Waals surface area contributed by atoms with Crippen molar-refractivity contribution >= 4 is 22.4 Å². The van der Waals surface area contributed by atoms with Gasteiger partial charge in [0, 0.05) is 23.2 Å². The van der Waals surface area contributed by atoms with Crippen LogP contribution in [-0.4, -0.2) is 24.7 Å². The van der Waals surface area contributed by atoms with E-state index in [2.05, 4.69) is 10.3 Å². The summed E-state index contributed by atoms with van der Waals surface area (Å²) >= 11 is 0. The molecule has 0 unspecified atom stereocenters. The Balaban J connectivity index is 1.86. The maximum atomic E-state index is 13.2. The van der Waals surface area contributed by atoms with E-state index in [-0.39, 0.29) is 5.78 Å². The number of nitrogens with one attached hydrogen (secondary N) is 1. The molecule has 0 bridgehead atoms. The lowest BCUT2D eigenvalue weighted by atomic mass is 9.94. The molecule has 1 heterocycles. The number of rotatable bonds is 3. The number of carbonyl (C=O) groups excluding carboxylic acids is 1. The standard InChI is InChI=1S/C20H16N2O/c23-19(16-11-5-7-14-6-1-2-8-15(14)16)17-9-3-4-10-18(17)20-21-12-13-22-20/h1-11H,12-13H2,(H,21,22). The van der Waals surface area contributed by atoms with E-state index in [0.717, 1.165) is 40.8 Å². The van der Waals surface area contributed by atoms with Crippen molar-refractivity contribution in [3.8, 4) is 0 Å². The molecule has 1 aliphatic rings. The molecule has 0 amide bonds. The van der Waals surface area contributed by atoms with Gasteiger partial charge in [0.1, 0.15) is 5.84 Å². The number of hydrogen-bond acceptors (Lipinski definition) is 3. The Labute approximate surface area is 134 Å². The van der Waals surface area contributed by atoms with E-state index in [9.17, 15) is 4.79 Å². The van der Waals surface area contributed by atoms with Crippen molar-refractivity contribution in [3.63, 3.8) is 0 Å². The highest BCUT2D eigenvalue weighted by molar-refractivity contribution is 6.20. The summed E-state index contributed by atoms with van der Waals surface area (Å²) < 4.78 is 0. The van der Waals surface area contributed by atoms with E-state index in [4.69, 9.17) is 0 Å². The fourth-order valence-corrected chi connectivity index (χ4v) is 3.03. The van der Waals surface area contributed by atoms with Gasteiger partial charge in [-0.3, -0.25) is 9.79 Å². The molecule has 0 aliphatic carbocycles. The van der Waals surface area contributed by atoms with Crippen LogP contribution in [0.3, 0.4) is 0 Å². The van der Waals surface area contributed by atoms with Crippen LogP contribution in [0.1, 0.15) is 21.5 Å². The lowest BCUT2D eigenvalue weighted by molar-refractivity contribution is 0.104. The van der Waals surface area contributed by atoms with Gasteiger partial charge < -0.3 is 5.32 Å². The Morgan fingerprint density at radius 3 is 2.48 bits per heavy atom. The normalized spacial score (nSPS) is 13.7. The molecule has 112 valence electrons. The molecule has 1 aliphatic heterocycles. The number of fused-ring (bicyclic) bond motifs is 1. The summed E-state index contributed by atoms with van der Waals surface area (Å²) in [7, 11) is 0. The number of hydrogen-bond donors (Lipinski definition) is 1. The molecule has 0 aromatic heterocycles. The zero-order valence-electron chi connectivity index (χ0n) is 12.6. The molecule has 0 saturated carbocycles. The van der Waals surface area contributed by atoms with Gasteiger partial charge in [-0.05, 0) is 10.8 Å². The molecule has 3 nitrogen and oxygen atoms in total. The quantitative estimate of drug-likeness (QED) is 0.753. The van der Waals surface area contributed by atoms with E-state index >= 15 is 0 Å². The Morgan fingerprint density at radius 2 is 1.61 bits per heavy atom. The fraction of sp³-hybridized carbons (Fsp3) is 0.100. The van der Waals surface area contributed by atoms with Gasteiger partial charge in [0.25, 0.3) is 0 Å². The van der Waals surface area contributed by atoms with E-state index in [1.807, 2.05) is 66.7 Å². The first-order valence-electron chi connectivity index (χ1n) is 7.75. The molecule has 3 heteroatoms. The SMILES string of the molecule is O=C(c1ccccc1C1=NCCN1)c1cccc2ccccc12. The summed E-state index contributed by atoms with van der Waals surface area (Å²) in [6.07, 6.45) is 0. The first-order valence-corrected chi connectivity index (χ1v) is 7.75. The van der Waals surface area contributed by atoms with Gasteiger partial charge in [-0.15, -0.1) is 0 Å². The van der Waals surface area contributed by atoms with Crippen molar-refractivity contribution in [1.82, 2.24) is 5.32 Å². The molecule has 0 atom stereocenters. The molecule has 3 aromatic carbocycles. The van der Waals surface area contributed by atoms with E-state index in [1.54, 1.807) is 0 Å². The number of ketones is 1. The van der Waals surface area contributed by atoms with Crippen LogP contribution in [0.15, 0.2) is 71.7 Å². The van der Waals surface area contributed by atoms with Gasteiger partial charge in [0.15, 0.2) is 5.78 Å². The highest BCUT2D eigenvalue weighted by Crippen LogP contribution is 2.23. The lowest BCUT2D eigenvalue weighted by Gasteiger charge is -2.11. The summed E-state index contributed by atoms with van der Waals surface area (Å²) in [5.74, 6) is 0.850. The van der Waals surface area contributed by atoms with Crippen LogP contribution in [0.4, 0.5) is 0 Å². The van der Waals surface area contributed by atoms with E-state index in [1.165, 1.54) is 0 Å². The second-order valence-corrected chi connectivity index (χ2v) is 5.56. The Bertz CT molecular complexity index is 922. The molecule has 3 aromatic rings. The van der Waals surface area contributed by atoms with Crippen LogP contribution in [0.25, 0.3) is 10.8 Å². The highest BCUT2D eigenvalue weighted by Gasteiger charge is 2.19. The van der Waals surface area contributed by atoms with Crippen LogP contribution in [0.2, 0.25) is 0 Å². The van der Waals surface area contributed by atoms with Crippen LogP contribution >= 0.6 is 0 Å². The van der Waals surface area contributed by atoms with Gasteiger partial charge in [-0.25, -0.2) is 0 Å². The van der Waals surface area contributed by atoms with Gasteiger partial charge >= 0.3 is 0 Å². The Morgan fingerprint density at radius 1 is 0.870 bits per heavy atom. The minimum atomic E-state index is 0.0359. The topological polar surface area (TPSA) is 41.5 Å². The van der Waals surface area contributed by atoms with Crippen LogP contribution in [-0.2, 0) is 0 Å². The van der Waals surface area contributed by atoms with Crippen LogP contribution in [0, 0.1) is 0 Å². The molecule has 0 saturated heterocycles. The largest absolute Gasteiger partial charge is 0.368 e. The number of amidine groups is 1. The number of aliphatic imine (C=N–C) groups is 1. The van der Waals surface area contributed by atoms with Gasteiger partial charge in [-0.1, -0.05) is 66.7 Å². The zero-order chi connectivity index (χ0) is 15.6. The summed E-state index contributed by atoms with van der Waals surface area (Å²) in [5.41, 5.74) is 2.30. The molecular formula is C20H16N2O. The van der Waals surface area contributed by atoms with Crippen molar-refractivity contribution in [2.24, 2.45) is 4.99 Å². The first-order chi connectivity index (χ1) is 11.3. The van der Waals surface area contributed by atoms with Gasteiger partial charge in [-0.2, -0.15) is 0 Å². The first kappa shape index (κ1) is 13.7. The lowest BCUT2D eigenvalue weighted by Crippen LogP contribution is -2.22. The number of nitrogens with zero attached hydrogens (tertiary/aromatic N) is 1.